The highest BCUT2D eigenvalue weighted by Crippen LogP contribution is 2.21. The van der Waals surface area contributed by atoms with Crippen molar-refractivity contribution in [3.8, 4) is 0 Å². The molecule has 1 amide bonds. The molecule has 0 aliphatic carbocycles. The number of rotatable bonds is 5. The van der Waals surface area contributed by atoms with Gasteiger partial charge in [0.25, 0.3) is 0 Å². The van der Waals surface area contributed by atoms with E-state index in [1.165, 1.54) is 0 Å². The maximum absolute atomic E-state index is 12.3. The number of carbonyl (C=O) groups excluding carboxylic acids is 2. The van der Waals surface area contributed by atoms with Crippen LogP contribution in [0, 0.1) is 5.92 Å². The lowest BCUT2D eigenvalue weighted by Gasteiger charge is -2.34. The zero-order valence-corrected chi connectivity index (χ0v) is 14.3. The van der Waals surface area contributed by atoms with Crippen molar-refractivity contribution >= 4 is 29.2 Å². The third-order valence-electron chi connectivity index (χ3n) is 4.19. The molecule has 5 nitrogen and oxygen atoms in total. The molecular formula is C17H23ClN2O3. The molecule has 1 saturated heterocycles. The number of nitrogens with one attached hydrogen (secondary N) is 1. The highest BCUT2D eigenvalue weighted by molar-refractivity contribution is 6.30. The standard InChI is InChI=1S/C17H23ClN2O3/c1-3-23-17(22)13-8-10-20(11-9-13)12(2)16(21)19-15-6-4-14(18)5-7-15/h4-7,12-13H,3,8-11H2,1-2H3,(H,19,21)/t12-/m1/s1. The Balaban J connectivity index is 1.84. The molecule has 0 radical (unpaired) electrons. The minimum Gasteiger partial charge on any atom is -0.466 e. The number of benzene rings is 1. The quantitative estimate of drug-likeness (QED) is 0.839. The smallest absolute Gasteiger partial charge is 0.309 e. The maximum Gasteiger partial charge on any atom is 0.309 e. The van der Waals surface area contributed by atoms with E-state index in [0.717, 1.165) is 31.6 Å². The SMILES string of the molecule is CCOC(=O)C1CCN([C@H](C)C(=O)Nc2ccc(Cl)cc2)CC1. The Morgan fingerprint density at radius 2 is 1.91 bits per heavy atom. The van der Waals surface area contributed by atoms with Crippen molar-refractivity contribution in [2.45, 2.75) is 32.7 Å². The van der Waals surface area contributed by atoms with E-state index in [4.69, 9.17) is 16.3 Å². The Bertz CT molecular complexity index is 539. The van der Waals surface area contributed by atoms with Gasteiger partial charge in [0.05, 0.1) is 18.6 Å². The molecule has 0 saturated carbocycles. The van der Waals surface area contributed by atoms with Crippen LogP contribution in [0.1, 0.15) is 26.7 Å². The number of carbonyl (C=O) groups is 2. The Hall–Kier alpha value is -1.59. The number of hydrogen-bond donors (Lipinski definition) is 1. The second-order valence-corrected chi connectivity index (χ2v) is 6.17. The molecule has 6 heteroatoms. The average molecular weight is 339 g/mol. The van der Waals surface area contributed by atoms with Gasteiger partial charge in [-0.15, -0.1) is 0 Å². The fourth-order valence-electron chi connectivity index (χ4n) is 2.73. The van der Waals surface area contributed by atoms with Crippen LogP contribution in [0.5, 0.6) is 0 Å². The highest BCUT2D eigenvalue weighted by atomic mass is 35.5. The lowest BCUT2D eigenvalue weighted by molar-refractivity contribution is -0.149. The zero-order chi connectivity index (χ0) is 16.8. The summed E-state index contributed by atoms with van der Waals surface area (Å²) in [5.74, 6) is -0.218. The number of anilines is 1. The Kier molecular flexibility index (Phi) is 6.42. The van der Waals surface area contributed by atoms with Crippen LogP contribution >= 0.6 is 11.6 Å². The van der Waals surface area contributed by atoms with Crippen molar-refractivity contribution in [3.63, 3.8) is 0 Å². The Labute approximate surface area is 141 Å². The van der Waals surface area contributed by atoms with Crippen molar-refractivity contribution in [3.05, 3.63) is 29.3 Å². The summed E-state index contributed by atoms with van der Waals surface area (Å²) < 4.78 is 5.07. The molecule has 0 unspecified atom stereocenters. The van der Waals surface area contributed by atoms with Gasteiger partial charge in [-0.1, -0.05) is 11.6 Å². The van der Waals surface area contributed by atoms with E-state index < -0.39 is 0 Å². The van der Waals surface area contributed by atoms with Gasteiger partial charge in [0.2, 0.25) is 5.91 Å². The third kappa shape index (κ3) is 4.94. The number of ether oxygens (including phenoxy) is 1. The molecule has 1 atom stereocenters. The van der Waals surface area contributed by atoms with Crippen LogP contribution in [0.25, 0.3) is 0 Å². The molecule has 1 aromatic rings. The van der Waals surface area contributed by atoms with Crippen molar-refractivity contribution in [1.82, 2.24) is 4.90 Å². The van der Waals surface area contributed by atoms with Gasteiger partial charge in [0, 0.05) is 10.7 Å². The van der Waals surface area contributed by atoms with E-state index in [-0.39, 0.29) is 23.8 Å². The third-order valence-corrected chi connectivity index (χ3v) is 4.44. The predicted molar refractivity (Wildman–Crippen MR) is 90.5 cm³/mol. The van der Waals surface area contributed by atoms with Crippen LogP contribution in [0.2, 0.25) is 5.02 Å². The van der Waals surface area contributed by atoms with E-state index in [0.29, 0.717) is 11.6 Å². The molecule has 1 aliphatic rings. The fourth-order valence-corrected chi connectivity index (χ4v) is 2.85. The van der Waals surface area contributed by atoms with Crippen LogP contribution in [0.3, 0.4) is 0 Å². The first-order valence-electron chi connectivity index (χ1n) is 7.98. The minimum atomic E-state index is -0.242. The van der Waals surface area contributed by atoms with Crippen molar-refractivity contribution in [2.24, 2.45) is 5.92 Å². The summed E-state index contributed by atoms with van der Waals surface area (Å²) in [6.07, 6.45) is 1.47. The first-order valence-corrected chi connectivity index (χ1v) is 8.36. The number of hydrogen-bond acceptors (Lipinski definition) is 4. The van der Waals surface area contributed by atoms with Gasteiger partial charge in [0.15, 0.2) is 0 Å². The molecule has 0 spiro atoms. The summed E-state index contributed by atoms with van der Waals surface area (Å²) in [6.45, 7) is 5.56. The van der Waals surface area contributed by atoms with E-state index >= 15 is 0 Å². The fraction of sp³-hybridized carbons (Fsp3) is 0.529. The van der Waals surface area contributed by atoms with Crippen molar-refractivity contribution in [2.75, 3.05) is 25.0 Å². The van der Waals surface area contributed by atoms with Gasteiger partial charge in [-0.25, -0.2) is 0 Å². The van der Waals surface area contributed by atoms with Gasteiger partial charge in [0.1, 0.15) is 0 Å². The number of esters is 1. The largest absolute Gasteiger partial charge is 0.466 e. The van der Waals surface area contributed by atoms with Crippen LogP contribution < -0.4 is 5.32 Å². The van der Waals surface area contributed by atoms with E-state index in [9.17, 15) is 9.59 Å². The van der Waals surface area contributed by atoms with Gasteiger partial charge >= 0.3 is 5.97 Å². The first kappa shape index (κ1) is 17.8. The minimum absolute atomic E-state index is 0.0438. The Morgan fingerprint density at radius 1 is 1.30 bits per heavy atom. The maximum atomic E-state index is 12.3. The summed E-state index contributed by atoms with van der Waals surface area (Å²) in [7, 11) is 0. The number of halogens is 1. The lowest BCUT2D eigenvalue weighted by Crippen LogP contribution is -2.47. The second-order valence-electron chi connectivity index (χ2n) is 5.73. The Morgan fingerprint density at radius 3 is 2.48 bits per heavy atom. The number of piperidine rings is 1. The van der Waals surface area contributed by atoms with E-state index in [1.54, 1.807) is 24.3 Å². The summed E-state index contributed by atoms with van der Waals surface area (Å²) >= 11 is 5.84. The van der Waals surface area contributed by atoms with Crippen molar-refractivity contribution < 1.29 is 14.3 Å². The molecule has 1 fully saturated rings. The molecule has 1 aliphatic heterocycles. The summed E-state index contributed by atoms with van der Waals surface area (Å²) in [6, 6.07) is 6.80. The summed E-state index contributed by atoms with van der Waals surface area (Å²) in [4.78, 5) is 26.2. The molecular weight excluding hydrogens is 316 g/mol. The first-order chi connectivity index (χ1) is 11.0. The van der Waals surface area contributed by atoms with Crippen LogP contribution in [0.4, 0.5) is 5.69 Å². The molecule has 0 bridgehead atoms. The van der Waals surface area contributed by atoms with Crippen LogP contribution in [0.15, 0.2) is 24.3 Å². The monoisotopic (exact) mass is 338 g/mol. The van der Waals surface area contributed by atoms with Crippen molar-refractivity contribution in [1.29, 1.82) is 0 Å². The lowest BCUT2D eigenvalue weighted by atomic mass is 9.96. The highest BCUT2D eigenvalue weighted by Gasteiger charge is 2.30. The molecule has 23 heavy (non-hydrogen) atoms. The molecule has 1 heterocycles. The van der Waals surface area contributed by atoms with E-state index in [2.05, 4.69) is 10.2 Å². The molecule has 2 rings (SSSR count). The molecule has 1 N–H and O–H groups in total. The number of amides is 1. The topological polar surface area (TPSA) is 58.6 Å². The average Bonchev–Trinajstić information content (AvgIpc) is 2.56. The van der Waals surface area contributed by atoms with Gasteiger partial charge < -0.3 is 10.1 Å². The predicted octanol–water partition coefficient (Wildman–Crippen LogP) is 2.94. The molecule has 1 aromatic carbocycles. The van der Waals surface area contributed by atoms with E-state index in [1.807, 2.05) is 13.8 Å². The van der Waals surface area contributed by atoms with Gasteiger partial charge in [-0.2, -0.15) is 0 Å². The van der Waals surface area contributed by atoms with Crippen LogP contribution in [-0.4, -0.2) is 42.5 Å². The number of nitrogens with zero attached hydrogens (tertiary/aromatic N) is 1. The second kappa shape index (κ2) is 8.31. The van der Waals surface area contributed by atoms with Gasteiger partial charge in [-0.3, -0.25) is 14.5 Å². The number of likely N-dealkylation sites (tertiary alicyclic amines) is 1. The molecule has 126 valence electrons. The zero-order valence-electron chi connectivity index (χ0n) is 13.5. The molecule has 0 aromatic heterocycles. The van der Waals surface area contributed by atoms with Gasteiger partial charge in [-0.05, 0) is 64.0 Å². The summed E-state index contributed by atoms with van der Waals surface area (Å²) in [5, 5.41) is 3.53. The van der Waals surface area contributed by atoms with Crippen LogP contribution in [-0.2, 0) is 14.3 Å². The summed E-state index contributed by atoms with van der Waals surface area (Å²) in [5.41, 5.74) is 0.729. The normalized spacial score (nSPS) is 17.5.